The van der Waals surface area contributed by atoms with Crippen LogP contribution in [-0.4, -0.2) is 221 Å². The van der Waals surface area contributed by atoms with Crippen LogP contribution in [-0.2, 0) is 33.2 Å². The minimum absolute atomic E-state index is 0.729. The molecule has 264 valence electrons. The average Bonchev–Trinajstić information content (AvgIpc) is 3.55. The lowest BCUT2D eigenvalue weighted by molar-refractivity contribution is -0.385. The van der Waals surface area contributed by atoms with Gasteiger partial charge in [-0.2, -0.15) is 0 Å². The maximum atomic E-state index is 10.7. The van der Waals surface area contributed by atoms with Crippen LogP contribution in [0.2, 0.25) is 0 Å². The van der Waals surface area contributed by atoms with E-state index >= 15 is 0 Å². The van der Waals surface area contributed by atoms with Gasteiger partial charge >= 0.3 is 0 Å². The van der Waals surface area contributed by atoms with Gasteiger partial charge in [0, 0.05) is 0 Å². The maximum absolute atomic E-state index is 10.7. The van der Waals surface area contributed by atoms with Gasteiger partial charge in [-0.15, -0.1) is 0 Å². The largest absolute Gasteiger partial charge is 0.394 e. The first-order chi connectivity index (χ1) is 21.2. The summed E-state index contributed by atoms with van der Waals surface area (Å²) in [5.74, 6) is -7.20. The molecular weight excluding hydrogens is 624 g/mol. The molecule has 14 N–H and O–H groups in total. The second-order valence-electron chi connectivity index (χ2n) is 11.3. The summed E-state index contributed by atoms with van der Waals surface area (Å²) < 4.78 is 37.8. The van der Waals surface area contributed by atoms with Crippen LogP contribution in [0, 0.1) is 0 Å². The van der Waals surface area contributed by atoms with E-state index in [2.05, 4.69) is 0 Å². The van der Waals surface area contributed by atoms with Crippen molar-refractivity contribution in [1.29, 1.82) is 0 Å². The Hall–Kier alpha value is -0.840. The molecule has 0 spiro atoms. The molecule has 0 amide bonds. The third-order valence-corrected chi connectivity index (χ3v) is 8.51. The van der Waals surface area contributed by atoms with Gasteiger partial charge in [0.1, 0.15) is 99.2 Å². The van der Waals surface area contributed by atoms with E-state index in [1.165, 1.54) is 0 Å². The Morgan fingerprint density at radius 3 is 1.27 bits per heavy atom. The fourth-order valence-corrected chi connectivity index (χ4v) is 5.65. The first kappa shape index (κ1) is 37.0. The molecule has 4 aliphatic rings. The van der Waals surface area contributed by atoms with E-state index in [-0.39, 0.29) is 0 Å². The lowest BCUT2D eigenvalue weighted by Gasteiger charge is -2.43. The number of hydrogen-bond donors (Lipinski definition) is 14. The van der Waals surface area contributed by atoms with Crippen LogP contribution >= 0.6 is 0 Å². The van der Waals surface area contributed by atoms with Gasteiger partial charge in [0.2, 0.25) is 17.4 Å². The topological polar surface area (TPSA) is 348 Å². The number of aliphatic hydroxyl groups excluding tert-OH is 14. The summed E-state index contributed by atoms with van der Waals surface area (Å²) in [5.41, 5.74) is 0. The van der Waals surface area contributed by atoms with Crippen LogP contribution in [0.3, 0.4) is 0 Å². The zero-order valence-corrected chi connectivity index (χ0v) is 23.7. The Morgan fingerprint density at radius 2 is 0.844 bits per heavy atom. The molecule has 45 heavy (non-hydrogen) atoms. The summed E-state index contributed by atoms with van der Waals surface area (Å²) in [6.07, 6.45) is -24.7. The number of ether oxygens (including phenoxy) is 7. The van der Waals surface area contributed by atoms with E-state index < -0.39 is 149 Å². The lowest BCUT2D eigenvalue weighted by Crippen LogP contribution is -2.62. The monoisotopic (exact) mass is 666 g/mol. The molecule has 4 aliphatic heterocycles. The van der Waals surface area contributed by atoms with E-state index in [4.69, 9.17) is 33.2 Å². The maximum Gasteiger partial charge on any atom is 0.224 e. The molecule has 21 nitrogen and oxygen atoms in total. The van der Waals surface area contributed by atoms with E-state index in [0.29, 0.717) is 0 Å². The summed E-state index contributed by atoms with van der Waals surface area (Å²) >= 11 is 0. The summed E-state index contributed by atoms with van der Waals surface area (Å²) in [6.45, 7) is -6.40. The van der Waals surface area contributed by atoms with Crippen molar-refractivity contribution in [3.63, 3.8) is 0 Å². The van der Waals surface area contributed by atoms with Crippen molar-refractivity contribution < 1.29 is 105 Å². The minimum Gasteiger partial charge on any atom is -0.394 e. The molecule has 0 aromatic heterocycles. The van der Waals surface area contributed by atoms with Crippen LogP contribution in [0.5, 0.6) is 0 Å². The Morgan fingerprint density at radius 1 is 0.444 bits per heavy atom. The Bertz CT molecular complexity index is 962. The SMILES string of the molecule is OCC1OC(OC2(CO)OC(COC3(CO)OC(COC4(CO)OC(CO)C(O)C4O)C(O)C3O)C(O)C2O)C(O)C(O)C1O. The highest BCUT2D eigenvalue weighted by Crippen LogP contribution is 2.39. The van der Waals surface area contributed by atoms with Crippen molar-refractivity contribution in [2.24, 2.45) is 0 Å². The highest BCUT2D eigenvalue weighted by Gasteiger charge is 2.61. The third-order valence-electron chi connectivity index (χ3n) is 8.51. The van der Waals surface area contributed by atoms with Gasteiger partial charge in [-0.1, -0.05) is 0 Å². The number of rotatable bonds is 13. The highest BCUT2D eigenvalue weighted by molar-refractivity contribution is 5.02. The van der Waals surface area contributed by atoms with E-state index in [1.54, 1.807) is 0 Å². The van der Waals surface area contributed by atoms with E-state index in [9.17, 15) is 71.5 Å². The quantitative estimate of drug-likeness (QED) is 0.0867. The highest BCUT2D eigenvalue weighted by atomic mass is 16.8. The molecule has 4 saturated heterocycles. The second-order valence-corrected chi connectivity index (χ2v) is 11.3. The molecule has 17 atom stereocenters. The van der Waals surface area contributed by atoms with Gasteiger partial charge < -0.3 is 105 Å². The van der Waals surface area contributed by atoms with Crippen molar-refractivity contribution in [3.8, 4) is 0 Å². The molecule has 4 rings (SSSR count). The average molecular weight is 667 g/mol. The molecular formula is C24H42O21. The lowest BCUT2D eigenvalue weighted by atomic mass is 9.99. The van der Waals surface area contributed by atoms with Gasteiger partial charge in [-0.05, 0) is 0 Å². The van der Waals surface area contributed by atoms with Crippen molar-refractivity contribution >= 4 is 0 Å². The van der Waals surface area contributed by atoms with Crippen LogP contribution in [0.15, 0.2) is 0 Å². The molecule has 0 saturated carbocycles. The second kappa shape index (κ2) is 14.3. The van der Waals surface area contributed by atoms with Crippen LogP contribution < -0.4 is 0 Å². The van der Waals surface area contributed by atoms with Crippen molar-refractivity contribution in [3.05, 3.63) is 0 Å². The van der Waals surface area contributed by atoms with Gasteiger partial charge in [0.15, 0.2) is 6.29 Å². The predicted octanol–water partition coefficient (Wildman–Crippen LogP) is -9.74. The van der Waals surface area contributed by atoms with Crippen molar-refractivity contribution in [1.82, 2.24) is 0 Å². The van der Waals surface area contributed by atoms with Crippen molar-refractivity contribution in [2.45, 2.75) is 103 Å². The number of aliphatic hydroxyl groups is 14. The Balaban J connectivity index is 1.42. The van der Waals surface area contributed by atoms with Crippen molar-refractivity contribution in [2.75, 3.05) is 46.2 Å². The molecule has 0 aromatic rings. The summed E-state index contributed by atoms with van der Waals surface area (Å²) in [5, 5.41) is 142. The van der Waals surface area contributed by atoms with Gasteiger partial charge in [0.05, 0.1) is 26.4 Å². The summed E-state index contributed by atoms with van der Waals surface area (Å²) in [4.78, 5) is 0. The van der Waals surface area contributed by atoms with Gasteiger partial charge in [0.25, 0.3) is 0 Å². The first-order valence-electron chi connectivity index (χ1n) is 14.0. The Labute approximate surface area is 254 Å². The molecule has 0 aliphatic carbocycles. The molecule has 4 heterocycles. The predicted molar refractivity (Wildman–Crippen MR) is 134 cm³/mol. The van der Waals surface area contributed by atoms with Gasteiger partial charge in [-0.3, -0.25) is 0 Å². The molecule has 21 heteroatoms. The summed E-state index contributed by atoms with van der Waals surface area (Å²) in [6, 6.07) is 0. The third kappa shape index (κ3) is 6.49. The van der Waals surface area contributed by atoms with E-state index in [0.717, 1.165) is 0 Å². The smallest absolute Gasteiger partial charge is 0.224 e. The summed E-state index contributed by atoms with van der Waals surface area (Å²) in [7, 11) is 0. The zero-order valence-electron chi connectivity index (χ0n) is 23.7. The molecule has 4 fully saturated rings. The standard InChI is InChI=1S/C24H42O21/c25-1-8-12(30)16(34)17(35)21(41-8)45-24(7-29)20(38)15(33)11(44-24)4-40-23(6-28)19(37)14(32)10(43-23)3-39-22(5-27)18(36)13(31)9(2-26)42-22/h8-21,25-38H,1-7H2. The fraction of sp³-hybridized carbons (Fsp3) is 1.00. The minimum atomic E-state index is -2.53. The van der Waals surface area contributed by atoms with Crippen LogP contribution in [0.1, 0.15) is 0 Å². The van der Waals surface area contributed by atoms with Crippen LogP contribution in [0.4, 0.5) is 0 Å². The molecule has 0 bridgehead atoms. The first-order valence-corrected chi connectivity index (χ1v) is 14.0. The fourth-order valence-electron chi connectivity index (χ4n) is 5.65. The normalized spacial score (nSPS) is 52.1. The number of hydrogen-bond acceptors (Lipinski definition) is 21. The van der Waals surface area contributed by atoms with Crippen LogP contribution in [0.25, 0.3) is 0 Å². The molecule has 0 aromatic carbocycles. The van der Waals surface area contributed by atoms with Gasteiger partial charge in [-0.25, -0.2) is 0 Å². The van der Waals surface area contributed by atoms with E-state index in [1.807, 2.05) is 0 Å². The Kier molecular flexibility index (Phi) is 11.8. The molecule has 0 radical (unpaired) electrons. The molecule has 17 unspecified atom stereocenters. The zero-order chi connectivity index (χ0) is 33.5.